The molecule has 2 heterocycles. The zero-order valence-corrected chi connectivity index (χ0v) is 17.8. The number of hydrogen-bond donors (Lipinski definition) is 1. The predicted molar refractivity (Wildman–Crippen MR) is 113 cm³/mol. The molecule has 2 aliphatic heterocycles. The van der Waals surface area contributed by atoms with Crippen molar-refractivity contribution in [1.82, 2.24) is 9.80 Å². The molecule has 2 fully saturated rings. The summed E-state index contributed by atoms with van der Waals surface area (Å²) in [5, 5.41) is 9.18. The molecule has 1 N–H and O–H groups in total. The van der Waals surface area contributed by atoms with Crippen molar-refractivity contribution in [2.45, 2.75) is 39.2 Å². The van der Waals surface area contributed by atoms with E-state index in [1.165, 1.54) is 0 Å². The average molecular weight is 404 g/mol. The Labute approximate surface area is 173 Å². The lowest BCUT2D eigenvalue weighted by atomic mass is 9.96. The summed E-state index contributed by atoms with van der Waals surface area (Å²) in [7, 11) is 0. The summed E-state index contributed by atoms with van der Waals surface area (Å²) in [5.41, 5.74) is 0.870. The van der Waals surface area contributed by atoms with Gasteiger partial charge in [0.1, 0.15) is 5.60 Å². The van der Waals surface area contributed by atoms with Crippen molar-refractivity contribution in [2.75, 3.05) is 50.7 Å². The second-order valence-electron chi connectivity index (χ2n) is 9.05. The normalized spacial score (nSPS) is 19.3. The summed E-state index contributed by atoms with van der Waals surface area (Å²) in [4.78, 5) is 30.0. The van der Waals surface area contributed by atoms with E-state index < -0.39 is 11.6 Å². The smallest absolute Gasteiger partial charge is 0.410 e. The molecule has 2 saturated heterocycles. The van der Waals surface area contributed by atoms with Crippen LogP contribution in [-0.2, 0) is 4.74 Å². The number of rotatable bonds is 4. The van der Waals surface area contributed by atoms with Crippen molar-refractivity contribution in [1.29, 1.82) is 0 Å². The third-order valence-electron chi connectivity index (χ3n) is 5.61. The molecule has 0 atom stereocenters. The van der Waals surface area contributed by atoms with Crippen molar-refractivity contribution in [3.8, 4) is 0 Å². The second-order valence-corrected chi connectivity index (χ2v) is 9.05. The number of amides is 1. The number of aromatic carboxylic acids is 1. The van der Waals surface area contributed by atoms with Crippen LogP contribution in [0.1, 0.15) is 44.0 Å². The summed E-state index contributed by atoms with van der Waals surface area (Å²) in [6.45, 7) is 12.0. The van der Waals surface area contributed by atoms with Gasteiger partial charge in [-0.2, -0.15) is 0 Å². The van der Waals surface area contributed by atoms with Crippen LogP contribution >= 0.6 is 0 Å². The van der Waals surface area contributed by atoms with Crippen molar-refractivity contribution < 1.29 is 19.4 Å². The maximum absolute atomic E-state index is 12.2. The highest BCUT2D eigenvalue weighted by molar-refractivity contribution is 5.88. The molecule has 0 unspecified atom stereocenters. The van der Waals surface area contributed by atoms with Gasteiger partial charge in [-0.1, -0.05) is 6.07 Å². The number of ether oxygens (including phenoxy) is 1. The Morgan fingerprint density at radius 2 is 1.72 bits per heavy atom. The minimum atomic E-state index is -0.886. The Morgan fingerprint density at radius 3 is 2.31 bits per heavy atom. The molecular weight excluding hydrogens is 370 g/mol. The molecule has 1 amide bonds. The largest absolute Gasteiger partial charge is 0.478 e. The molecule has 160 valence electrons. The van der Waals surface area contributed by atoms with E-state index in [0.29, 0.717) is 11.5 Å². The Hall–Kier alpha value is -2.28. The van der Waals surface area contributed by atoms with Crippen molar-refractivity contribution >= 4 is 17.7 Å². The van der Waals surface area contributed by atoms with Crippen LogP contribution in [0.25, 0.3) is 0 Å². The molecule has 2 aliphatic rings. The highest BCUT2D eigenvalue weighted by Crippen LogP contribution is 2.23. The van der Waals surface area contributed by atoms with Crippen LogP contribution in [-0.4, -0.2) is 78.4 Å². The molecule has 0 bridgehead atoms. The Bertz CT molecular complexity index is 715. The standard InChI is InChI=1S/C22H33N3O4/c1-22(2,3)29-21(28)25-9-7-17(8-10-25)16-23-11-13-24(14-12-23)19-6-4-5-18(15-19)20(26)27/h4-6,15,17H,7-14,16H2,1-3H3,(H,26,27). The van der Waals surface area contributed by atoms with Gasteiger partial charge in [0.05, 0.1) is 5.56 Å². The molecule has 0 spiro atoms. The lowest BCUT2D eigenvalue weighted by molar-refractivity contribution is 0.0168. The van der Waals surface area contributed by atoms with E-state index in [2.05, 4.69) is 9.80 Å². The predicted octanol–water partition coefficient (Wildman–Crippen LogP) is 3.15. The van der Waals surface area contributed by atoms with Crippen molar-refractivity contribution in [3.05, 3.63) is 29.8 Å². The molecule has 7 heteroatoms. The van der Waals surface area contributed by atoms with Gasteiger partial charge >= 0.3 is 12.1 Å². The van der Waals surface area contributed by atoms with Crippen LogP contribution in [0.2, 0.25) is 0 Å². The molecule has 3 rings (SSSR count). The number of carboxylic acids is 1. The second kappa shape index (κ2) is 9.03. The monoisotopic (exact) mass is 403 g/mol. The van der Waals surface area contributed by atoms with Gasteiger partial charge in [0.2, 0.25) is 0 Å². The van der Waals surface area contributed by atoms with Crippen LogP contribution in [0.3, 0.4) is 0 Å². The number of carbonyl (C=O) groups is 2. The molecule has 1 aromatic carbocycles. The Balaban J connectivity index is 1.42. The zero-order valence-electron chi connectivity index (χ0n) is 17.8. The first-order chi connectivity index (χ1) is 13.7. The minimum Gasteiger partial charge on any atom is -0.478 e. The van der Waals surface area contributed by atoms with Crippen LogP contribution in [0.5, 0.6) is 0 Å². The average Bonchev–Trinajstić information content (AvgIpc) is 2.68. The fourth-order valence-corrected chi connectivity index (χ4v) is 4.01. The van der Waals surface area contributed by atoms with E-state index >= 15 is 0 Å². The van der Waals surface area contributed by atoms with E-state index in [1.807, 2.05) is 37.8 Å². The van der Waals surface area contributed by atoms with E-state index in [4.69, 9.17) is 4.74 Å². The quantitative estimate of drug-likeness (QED) is 0.833. The van der Waals surface area contributed by atoms with Gasteiger partial charge in [-0.25, -0.2) is 9.59 Å². The van der Waals surface area contributed by atoms with E-state index in [9.17, 15) is 14.7 Å². The van der Waals surface area contributed by atoms with Gasteiger partial charge in [0, 0.05) is 51.5 Å². The van der Waals surface area contributed by atoms with Crippen LogP contribution < -0.4 is 4.90 Å². The number of carboxylic acid groups (broad SMARTS) is 1. The minimum absolute atomic E-state index is 0.201. The summed E-state index contributed by atoms with van der Waals surface area (Å²) in [6.07, 6.45) is 1.83. The van der Waals surface area contributed by atoms with E-state index in [1.54, 1.807) is 12.1 Å². The first kappa shape index (κ1) is 21.4. The van der Waals surface area contributed by atoms with Gasteiger partial charge in [0.15, 0.2) is 0 Å². The number of anilines is 1. The molecule has 7 nitrogen and oxygen atoms in total. The van der Waals surface area contributed by atoms with Crippen LogP contribution in [0.15, 0.2) is 24.3 Å². The van der Waals surface area contributed by atoms with Crippen LogP contribution in [0, 0.1) is 5.92 Å². The Kier molecular flexibility index (Phi) is 6.67. The first-order valence-electron chi connectivity index (χ1n) is 10.5. The van der Waals surface area contributed by atoms with Gasteiger partial charge in [-0.3, -0.25) is 4.90 Å². The molecule has 0 radical (unpaired) electrons. The summed E-state index contributed by atoms with van der Waals surface area (Å²) in [5.74, 6) is -0.279. The SMILES string of the molecule is CC(C)(C)OC(=O)N1CCC(CN2CCN(c3cccc(C(=O)O)c3)CC2)CC1. The van der Waals surface area contributed by atoms with Crippen molar-refractivity contribution in [3.63, 3.8) is 0 Å². The Morgan fingerprint density at radius 1 is 1.07 bits per heavy atom. The number of piperazine rings is 1. The molecule has 0 saturated carbocycles. The fraction of sp³-hybridized carbons (Fsp3) is 0.636. The lowest BCUT2D eigenvalue weighted by Gasteiger charge is -2.39. The molecular formula is C22H33N3O4. The highest BCUT2D eigenvalue weighted by Gasteiger charge is 2.28. The maximum Gasteiger partial charge on any atom is 0.410 e. The number of carbonyl (C=O) groups excluding carboxylic acids is 1. The summed E-state index contributed by atoms with van der Waals surface area (Å²) in [6, 6.07) is 7.17. The van der Waals surface area contributed by atoms with Crippen molar-refractivity contribution in [2.24, 2.45) is 5.92 Å². The first-order valence-corrected chi connectivity index (χ1v) is 10.5. The molecule has 0 aliphatic carbocycles. The van der Waals surface area contributed by atoms with E-state index in [0.717, 1.165) is 64.3 Å². The number of hydrogen-bond acceptors (Lipinski definition) is 5. The number of nitrogens with zero attached hydrogens (tertiary/aromatic N) is 3. The number of likely N-dealkylation sites (tertiary alicyclic amines) is 1. The maximum atomic E-state index is 12.2. The zero-order chi connectivity index (χ0) is 21.0. The molecule has 1 aromatic rings. The highest BCUT2D eigenvalue weighted by atomic mass is 16.6. The van der Waals surface area contributed by atoms with Gasteiger partial charge in [-0.05, 0) is 57.7 Å². The van der Waals surface area contributed by atoms with E-state index in [-0.39, 0.29) is 6.09 Å². The van der Waals surface area contributed by atoms with Crippen LogP contribution in [0.4, 0.5) is 10.5 Å². The number of piperidine rings is 1. The van der Waals surface area contributed by atoms with Gasteiger partial charge in [-0.15, -0.1) is 0 Å². The summed E-state index contributed by atoms with van der Waals surface area (Å²) >= 11 is 0. The lowest BCUT2D eigenvalue weighted by Crippen LogP contribution is -2.49. The van der Waals surface area contributed by atoms with Gasteiger partial charge < -0.3 is 19.6 Å². The fourth-order valence-electron chi connectivity index (χ4n) is 4.01. The number of benzene rings is 1. The molecule has 0 aromatic heterocycles. The summed E-state index contributed by atoms with van der Waals surface area (Å²) < 4.78 is 5.47. The third kappa shape index (κ3) is 6.10. The molecule has 29 heavy (non-hydrogen) atoms. The third-order valence-corrected chi connectivity index (χ3v) is 5.61. The van der Waals surface area contributed by atoms with Gasteiger partial charge in [0.25, 0.3) is 0 Å². The topological polar surface area (TPSA) is 73.3 Å².